The van der Waals surface area contributed by atoms with Gasteiger partial charge in [0.15, 0.2) is 0 Å². The maximum absolute atomic E-state index is 12.3. The van der Waals surface area contributed by atoms with Gasteiger partial charge in [0.25, 0.3) is 0 Å². The van der Waals surface area contributed by atoms with E-state index >= 15 is 0 Å². The molecule has 0 bridgehead atoms. The molecule has 0 aromatic heterocycles. The van der Waals surface area contributed by atoms with Crippen molar-refractivity contribution in [3.8, 4) is 5.75 Å². The van der Waals surface area contributed by atoms with Gasteiger partial charge < -0.3 is 9.64 Å². The van der Waals surface area contributed by atoms with E-state index in [4.69, 9.17) is 4.74 Å². The second-order valence-corrected chi connectivity index (χ2v) is 8.24. The number of hydrogen-bond acceptors (Lipinski definition) is 4. The summed E-state index contributed by atoms with van der Waals surface area (Å²) in [4.78, 5) is 14.9. The van der Waals surface area contributed by atoms with Crippen LogP contribution in [0.5, 0.6) is 5.75 Å². The lowest BCUT2D eigenvalue weighted by Gasteiger charge is -2.30. The molecule has 3 atom stereocenters. The SMILES string of the molecule is C[C@@H]1CCCN1CCCOc1ccc(C2=NN(C)C(=O)C3CCCC23)cc1. The fourth-order valence-electron chi connectivity index (χ4n) is 4.88. The van der Waals surface area contributed by atoms with Crippen LogP contribution in [0.1, 0.15) is 51.0 Å². The number of fused-ring (bicyclic) bond motifs is 1. The molecule has 2 fully saturated rings. The van der Waals surface area contributed by atoms with Crippen LogP contribution in [0.2, 0.25) is 0 Å². The molecule has 2 unspecified atom stereocenters. The van der Waals surface area contributed by atoms with Crippen LogP contribution in [-0.4, -0.2) is 54.3 Å². The number of rotatable bonds is 6. The zero-order chi connectivity index (χ0) is 18.8. The van der Waals surface area contributed by atoms with Crippen molar-refractivity contribution in [3.63, 3.8) is 0 Å². The molecule has 146 valence electrons. The molecule has 1 saturated heterocycles. The normalized spacial score (nSPS) is 28.4. The van der Waals surface area contributed by atoms with Crippen molar-refractivity contribution in [3.05, 3.63) is 29.8 Å². The average Bonchev–Trinajstić information content (AvgIpc) is 3.32. The Morgan fingerprint density at radius 1 is 1.11 bits per heavy atom. The fraction of sp³-hybridized carbons (Fsp3) is 0.636. The molecule has 5 heteroatoms. The Labute approximate surface area is 162 Å². The molecule has 1 amide bonds. The van der Waals surface area contributed by atoms with Gasteiger partial charge in [0.2, 0.25) is 5.91 Å². The third-order valence-corrected chi connectivity index (χ3v) is 6.46. The van der Waals surface area contributed by atoms with Crippen molar-refractivity contribution in [2.45, 2.75) is 51.5 Å². The maximum atomic E-state index is 12.3. The van der Waals surface area contributed by atoms with Gasteiger partial charge in [-0.2, -0.15) is 5.10 Å². The van der Waals surface area contributed by atoms with E-state index in [1.165, 1.54) is 24.4 Å². The van der Waals surface area contributed by atoms with Crippen LogP contribution in [0, 0.1) is 11.8 Å². The van der Waals surface area contributed by atoms with E-state index in [0.29, 0.717) is 0 Å². The van der Waals surface area contributed by atoms with Crippen molar-refractivity contribution in [2.75, 3.05) is 26.7 Å². The first-order valence-electron chi connectivity index (χ1n) is 10.5. The highest BCUT2D eigenvalue weighted by Crippen LogP contribution is 2.38. The van der Waals surface area contributed by atoms with Crippen LogP contribution in [0.25, 0.3) is 0 Å². The predicted octanol–water partition coefficient (Wildman–Crippen LogP) is 3.53. The Kier molecular flexibility index (Phi) is 5.48. The number of carbonyl (C=O) groups excluding carboxylic acids is 1. The quantitative estimate of drug-likeness (QED) is 0.721. The minimum absolute atomic E-state index is 0.117. The number of hydrazone groups is 1. The number of carbonyl (C=O) groups is 1. The highest BCUT2D eigenvalue weighted by molar-refractivity contribution is 6.06. The summed E-state index contributed by atoms with van der Waals surface area (Å²) in [6.07, 6.45) is 6.89. The van der Waals surface area contributed by atoms with Crippen molar-refractivity contribution >= 4 is 11.6 Å². The van der Waals surface area contributed by atoms with Gasteiger partial charge in [-0.25, -0.2) is 5.01 Å². The molecule has 4 rings (SSSR count). The van der Waals surface area contributed by atoms with Gasteiger partial charge in [0.05, 0.1) is 12.3 Å². The molecule has 3 aliphatic rings. The van der Waals surface area contributed by atoms with E-state index in [1.807, 2.05) is 12.1 Å². The van der Waals surface area contributed by atoms with E-state index in [2.05, 4.69) is 29.1 Å². The first kappa shape index (κ1) is 18.5. The van der Waals surface area contributed by atoms with Crippen molar-refractivity contribution in [1.29, 1.82) is 0 Å². The van der Waals surface area contributed by atoms with Gasteiger partial charge in [-0.15, -0.1) is 0 Å². The molecule has 0 spiro atoms. The molecule has 2 aliphatic heterocycles. The molecule has 5 nitrogen and oxygen atoms in total. The number of amides is 1. The molecule has 1 aromatic carbocycles. The van der Waals surface area contributed by atoms with Crippen molar-refractivity contribution in [2.24, 2.45) is 16.9 Å². The lowest BCUT2D eigenvalue weighted by atomic mass is 9.86. The van der Waals surface area contributed by atoms with Gasteiger partial charge in [0, 0.05) is 31.5 Å². The Hall–Kier alpha value is -1.88. The van der Waals surface area contributed by atoms with Crippen LogP contribution in [0.3, 0.4) is 0 Å². The number of benzene rings is 1. The summed E-state index contributed by atoms with van der Waals surface area (Å²) in [6, 6.07) is 8.99. The highest BCUT2D eigenvalue weighted by Gasteiger charge is 2.41. The largest absolute Gasteiger partial charge is 0.494 e. The van der Waals surface area contributed by atoms with Crippen molar-refractivity contribution in [1.82, 2.24) is 9.91 Å². The topological polar surface area (TPSA) is 45.1 Å². The zero-order valence-corrected chi connectivity index (χ0v) is 16.6. The smallest absolute Gasteiger partial charge is 0.246 e. The molecular weight excluding hydrogens is 338 g/mol. The molecule has 2 heterocycles. The van der Waals surface area contributed by atoms with E-state index in [1.54, 1.807) is 7.05 Å². The Morgan fingerprint density at radius 3 is 2.63 bits per heavy atom. The van der Waals surface area contributed by atoms with Crippen molar-refractivity contribution < 1.29 is 9.53 Å². The lowest BCUT2D eigenvalue weighted by Crippen LogP contribution is -2.40. The third kappa shape index (κ3) is 3.88. The molecule has 0 N–H and O–H groups in total. The molecular formula is C22H31N3O2. The second-order valence-electron chi connectivity index (χ2n) is 8.24. The maximum Gasteiger partial charge on any atom is 0.246 e. The van der Waals surface area contributed by atoms with E-state index in [-0.39, 0.29) is 17.7 Å². The number of nitrogens with zero attached hydrogens (tertiary/aromatic N) is 3. The standard InChI is InChI=1S/C22H31N3O2/c1-16-6-4-13-25(16)14-5-15-27-18-11-9-17(10-12-18)21-19-7-3-8-20(19)22(26)24(2)23-21/h9-12,16,19-20H,3-8,13-15H2,1-2H3/t16-,19?,20?/m1/s1. The third-order valence-electron chi connectivity index (χ3n) is 6.46. The molecule has 0 radical (unpaired) electrons. The molecule has 27 heavy (non-hydrogen) atoms. The monoisotopic (exact) mass is 369 g/mol. The average molecular weight is 370 g/mol. The summed E-state index contributed by atoms with van der Waals surface area (Å²) in [5.41, 5.74) is 2.18. The first-order chi connectivity index (χ1) is 13.1. The Bertz CT molecular complexity index is 700. The highest BCUT2D eigenvalue weighted by atomic mass is 16.5. The van der Waals surface area contributed by atoms with Gasteiger partial charge in [-0.05, 0) is 75.4 Å². The van der Waals surface area contributed by atoms with E-state index in [0.717, 1.165) is 61.9 Å². The zero-order valence-electron chi connectivity index (χ0n) is 16.6. The Balaban J connectivity index is 1.33. The second kappa shape index (κ2) is 8.01. The number of likely N-dealkylation sites (tertiary alicyclic amines) is 1. The minimum Gasteiger partial charge on any atom is -0.494 e. The van der Waals surface area contributed by atoms with E-state index in [9.17, 15) is 4.79 Å². The van der Waals surface area contributed by atoms with Gasteiger partial charge in [0.1, 0.15) is 5.75 Å². The summed E-state index contributed by atoms with van der Waals surface area (Å²) >= 11 is 0. The van der Waals surface area contributed by atoms with Crippen LogP contribution < -0.4 is 4.74 Å². The van der Waals surface area contributed by atoms with Gasteiger partial charge in [-0.3, -0.25) is 4.79 Å². The Morgan fingerprint density at radius 2 is 1.89 bits per heavy atom. The van der Waals surface area contributed by atoms with Crippen LogP contribution in [0.4, 0.5) is 0 Å². The summed E-state index contributed by atoms with van der Waals surface area (Å²) < 4.78 is 5.94. The minimum atomic E-state index is 0.117. The van der Waals surface area contributed by atoms with Crippen LogP contribution in [-0.2, 0) is 4.79 Å². The lowest BCUT2D eigenvalue weighted by molar-refractivity contribution is -0.135. The van der Waals surface area contributed by atoms with Crippen LogP contribution in [0.15, 0.2) is 29.4 Å². The molecule has 1 saturated carbocycles. The number of ether oxygens (including phenoxy) is 1. The van der Waals surface area contributed by atoms with Crippen LogP contribution >= 0.6 is 0 Å². The van der Waals surface area contributed by atoms with Gasteiger partial charge in [-0.1, -0.05) is 6.42 Å². The van der Waals surface area contributed by atoms with Gasteiger partial charge >= 0.3 is 0 Å². The molecule has 1 aromatic rings. The van der Waals surface area contributed by atoms with E-state index < -0.39 is 0 Å². The summed E-state index contributed by atoms with van der Waals surface area (Å²) in [7, 11) is 1.77. The summed E-state index contributed by atoms with van der Waals surface area (Å²) in [5.74, 6) is 1.49. The summed E-state index contributed by atoms with van der Waals surface area (Å²) in [5, 5.41) is 6.12. The molecule has 1 aliphatic carbocycles. The first-order valence-corrected chi connectivity index (χ1v) is 10.5. The predicted molar refractivity (Wildman–Crippen MR) is 107 cm³/mol. The summed E-state index contributed by atoms with van der Waals surface area (Å²) in [6.45, 7) is 5.43. The fourth-order valence-corrected chi connectivity index (χ4v) is 4.88. The number of hydrogen-bond donors (Lipinski definition) is 0.